The van der Waals surface area contributed by atoms with Gasteiger partial charge in [-0.2, -0.15) is 22.0 Å². The third kappa shape index (κ3) is 4.14. The molecular formula is C14H23ClN6O3S. The fraction of sp³-hybridized carbons (Fsp3) is 0.714. The van der Waals surface area contributed by atoms with Gasteiger partial charge in [0.2, 0.25) is 5.95 Å². The number of morpholine rings is 1. The summed E-state index contributed by atoms with van der Waals surface area (Å²) in [7, 11) is -3.50. The smallest absolute Gasteiger partial charge is 0.282 e. The predicted octanol–water partition coefficient (Wildman–Crippen LogP) is 0.188. The fourth-order valence-corrected chi connectivity index (χ4v) is 5.15. The Kier molecular flexibility index (Phi) is 5.35. The molecule has 0 amide bonds. The molecule has 0 unspecified atom stereocenters. The third-order valence-corrected chi connectivity index (χ3v) is 6.46. The van der Waals surface area contributed by atoms with Gasteiger partial charge in [-0.3, -0.25) is 0 Å². The average Bonchev–Trinajstić information content (AvgIpc) is 2.53. The summed E-state index contributed by atoms with van der Waals surface area (Å²) in [6, 6.07) is 1.63. The standard InChI is InChI=1S/C14H23ClN6O3S/c1-10-8-21(9-11(2)24-10)25(22,23)20-5-3-19(4-6-20)13-7-12(15)17-14(16)18-13/h7,10-11H,3-6,8-9H2,1-2H3,(H2,16,17,18)/t10-,11-/m0/s1. The molecule has 11 heteroatoms. The largest absolute Gasteiger partial charge is 0.373 e. The zero-order valence-electron chi connectivity index (χ0n) is 14.3. The van der Waals surface area contributed by atoms with Crippen LogP contribution in [0.1, 0.15) is 13.8 Å². The highest BCUT2D eigenvalue weighted by atomic mass is 35.5. The molecule has 0 bridgehead atoms. The van der Waals surface area contributed by atoms with Gasteiger partial charge in [-0.05, 0) is 13.8 Å². The van der Waals surface area contributed by atoms with Gasteiger partial charge in [0.05, 0.1) is 12.2 Å². The molecule has 2 fully saturated rings. The molecular weight excluding hydrogens is 368 g/mol. The minimum Gasteiger partial charge on any atom is -0.373 e. The number of halogens is 1. The predicted molar refractivity (Wildman–Crippen MR) is 95.7 cm³/mol. The lowest BCUT2D eigenvalue weighted by molar-refractivity contribution is -0.0455. The molecule has 3 heterocycles. The third-order valence-electron chi connectivity index (χ3n) is 4.30. The van der Waals surface area contributed by atoms with Crippen LogP contribution in [0, 0.1) is 0 Å². The Morgan fingerprint density at radius 2 is 1.72 bits per heavy atom. The molecule has 2 N–H and O–H groups in total. The summed E-state index contributed by atoms with van der Waals surface area (Å²) >= 11 is 5.92. The lowest BCUT2D eigenvalue weighted by atomic mass is 10.3. The van der Waals surface area contributed by atoms with Gasteiger partial charge in [0.25, 0.3) is 10.2 Å². The molecule has 2 atom stereocenters. The van der Waals surface area contributed by atoms with Crippen LogP contribution in [0.5, 0.6) is 0 Å². The second kappa shape index (κ2) is 7.20. The van der Waals surface area contributed by atoms with E-state index in [2.05, 4.69) is 9.97 Å². The molecule has 0 spiro atoms. The van der Waals surface area contributed by atoms with Crippen molar-refractivity contribution in [2.24, 2.45) is 0 Å². The van der Waals surface area contributed by atoms with E-state index < -0.39 is 10.2 Å². The molecule has 1 aromatic heterocycles. The van der Waals surface area contributed by atoms with Gasteiger partial charge in [0.1, 0.15) is 11.0 Å². The quantitative estimate of drug-likeness (QED) is 0.734. The normalized spacial score (nSPS) is 26.8. The summed E-state index contributed by atoms with van der Waals surface area (Å²) in [5.41, 5.74) is 5.63. The average molecular weight is 391 g/mol. The Morgan fingerprint density at radius 3 is 2.28 bits per heavy atom. The number of nitrogen functional groups attached to an aromatic ring is 1. The number of aromatic nitrogens is 2. The van der Waals surface area contributed by atoms with Gasteiger partial charge in [-0.1, -0.05) is 11.6 Å². The van der Waals surface area contributed by atoms with E-state index in [-0.39, 0.29) is 23.3 Å². The summed E-state index contributed by atoms with van der Waals surface area (Å²) in [6.45, 7) is 6.32. The van der Waals surface area contributed by atoms with Crippen molar-refractivity contribution in [3.63, 3.8) is 0 Å². The Morgan fingerprint density at radius 1 is 1.12 bits per heavy atom. The highest BCUT2D eigenvalue weighted by Gasteiger charge is 2.36. The number of anilines is 2. The van der Waals surface area contributed by atoms with Crippen molar-refractivity contribution in [1.29, 1.82) is 0 Å². The maximum atomic E-state index is 12.9. The molecule has 0 aliphatic carbocycles. The highest BCUT2D eigenvalue weighted by Crippen LogP contribution is 2.22. The van der Waals surface area contributed by atoms with E-state index in [1.165, 1.54) is 8.61 Å². The molecule has 0 radical (unpaired) electrons. The second-order valence-electron chi connectivity index (χ2n) is 6.38. The zero-order valence-corrected chi connectivity index (χ0v) is 15.9. The lowest BCUT2D eigenvalue weighted by Gasteiger charge is -2.40. The first-order valence-electron chi connectivity index (χ1n) is 8.21. The van der Waals surface area contributed by atoms with Crippen molar-refractivity contribution in [3.8, 4) is 0 Å². The van der Waals surface area contributed by atoms with Crippen LogP contribution in [0.2, 0.25) is 5.15 Å². The second-order valence-corrected chi connectivity index (χ2v) is 8.69. The van der Waals surface area contributed by atoms with E-state index in [9.17, 15) is 8.42 Å². The molecule has 2 aliphatic rings. The Labute approximate surface area is 152 Å². The number of nitrogens with zero attached hydrogens (tertiary/aromatic N) is 5. The monoisotopic (exact) mass is 390 g/mol. The van der Waals surface area contributed by atoms with Gasteiger partial charge >= 0.3 is 0 Å². The molecule has 0 saturated carbocycles. The van der Waals surface area contributed by atoms with Crippen LogP contribution in [0.15, 0.2) is 6.07 Å². The van der Waals surface area contributed by atoms with E-state index in [1.54, 1.807) is 6.07 Å². The highest BCUT2D eigenvalue weighted by molar-refractivity contribution is 7.86. The van der Waals surface area contributed by atoms with Gasteiger partial charge in [-0.25, -0.2) is 4.98 Å². The number of rotatable bonds is 3. The van der Waals surface area contributed by atoms with Crippen LogP contribution in [0.25, 0.3) is 0 Å². The summed E-state index contributed by atoms with van der Waals surface area (Å²) in [5.74, 6) is 0.719. The first kappa shape index (κ1) is 18.6. The van der Waals surface area contributed by atoms with Crippen LogP contribution in [-0.2, 0) is 14.9 Å². The summed E-state index contributed by atoms with van der Waals surface area (Å²) in [4.78, 5) is 9.97. The van der Waals surface area contributed by atoms with E-state index >= 15 is 0 Å². The summed E-state index contributed by atoms with van der Waals surface area (Å²) in [5, 5.41) is 0.272. The van der Waals surface area contributed by atoms with Gasteiger partial charge in [0, 0.05) is 45.3 Å². The van der Waals surface area contributed by atoms with Crippen LogP contribution in [-0.4, -0.2) is 78.5 Å². The topological polar surface area (TPSA) is 105 Å². The maximum absolute atomic E-state index is 12.9. The molecule has 0 aromatic carbocycles. The fourth-order valence-electron chi connectivity index (χ4n) is 3.22. The molecule has 25 heavy (non-hydrogen) atoms. The van der Waals surface area contributed by atoms with E-state index in [4.69, 9.17) is 22.1 Å². The maximum Gasteiger partial charge on any atom is 0.282 e. The van der Waals surface area contributed by atoms with Crippen molar-refractivity contribution in [2.75, 3.05) is 49.9 Å². The summed E-state index contributed by atoms with van der Waals surface area (Å²) in [6.07, 6.45) is -0.211. The van der Waals surface area contributed by atoms with E-state index in [1.807, 2.05) is 18.7 Å². The SMILES string of the molecule is C[C@H]1CN(S(=O)(=O)N2CCN(c3cc(Cl)nc(N)n3)CC2)C[C@H](C)O1. The van der Waals surface area contributed by atoms with Crippen LogP contribution in [0.4, 0.5) is 11.8 Å². The van der Waals surface area contributed by atoms with Crippen molar-refractivity contribution < 1.29 is 13.2 Å². The minimum atomic E-state index is -3.50. The molecule has 140 valence electrons. The Hall–Kier alpha value is -1.20. The molecule has 1 aromatic rings. The van der Waals surface area contributed by atoms with Crippen molar-refractivity contribution in [1.82, 2.24) is 18.6 Å². The lowest BCUT2D eigenvalue weighted by Crippen LogP contribution is -2.57. The Bertz CT molecular complexity index is 695. The van der Waals surface area contributed by atoms with Gasteiger partial charge in [-0.15, -0.1) is 0 Å². The molecule has 3 rings (SSSR count). The van der Waals surface area contributed by atoms with Gasteiger partial charge in [0.15, 0.2) is 0 Å². The van der Waals surface area contributed by atoms with E-state index in [0.717, 1.165) is 0 Å². The number of hydrogen-bond donors (Lipinski definition) is 1. The van der Waals surface area contributed by atoms with Crippen molar-refractivity contribution >= 4 is 33.6 Å². The van der Waals surface area contributed by atoms with E-state index in [0.29, 0.717) is 45.1 Å². The van der Waals surface area contributed by atoms with Crippen molar-refractivity contribution in [3.05, 3.63) is 11.2 Å². The first-order valence-corrected chi connectivity index (χ1v) is 9.99. The number of ether oxygens (including phenoxy) is 1. The van der Waals surface area contributed by atoms with Crippen LogP contribution in [0.3, 0.4) is 0 Å². The van der Waals surface area contributed by atoms with Crippen LogP contribution >= 0.6 is 11.6 Å². The number of hydrogen-bond acceptors (Lipinski definition) is 7. The number of nitrogens with two attached hydrogens (primary N) is 1. The summed E-state index contributed by atoms with van der Waals surface area (Å²) < 4.78 is 34.4. The van der Waals surface area contributed by atoms with Crippen LogP contribution < -0.4 is 10.6 Å². The Balaban J connectivity index is 1.67. The molecule has 9 nitrogen and oxygen atoms in total. The minimum absolute atomic E-state index is 0.105. The first-order chi connectivity index (χ1) is 11.8. The van der Waals surface area contributed by atoms with Crippen molar-refractivity contribution in [2.45, 2.75) is 26.1 Å². The zero-order chi connectivity index (χ0) is 18.2. The van der Waals surface area contributed by atoms with Gasteiger partial charge < -0.3 is 15.4 Å². The number of piperazine rings is 1. The molecule has 2 aliphatic heterocycles. The molecule has 2 saturated heterocycles.